The third-order valence-electron chi connectivity index (χ3n) is 10.1. The van der Waals surface area contributed by atoms with E-state index in [2.05, 4.69) is 53.7 Å². The molecule has 6 atom stereocenters. The maximum absolute atomic E-state index is 12.0. The van der Waals surface area contributed by atoms with Crippen molar-refractivity contribution in [3.05, 3.63) is 34.9 Å². The van der Waals surface area contributed by atoms with Gasteiger partial charge in [-0.05, 0) is 96.2 Å². The first-order valence-electron chi connectivity index (χ1n) is 12.9. The molecule has 30 heavy (non-hydrogen) atoms. The molecule has 1 heteroatoms. The minimum Gasteiger partial charge on any atom is -0.295 e. The summed E-state index contributed by atoms with van der Waals surface area (Å²) in [5, 5.41) is 0. The van der Waals surface area contributed by atoms with Crippen LogP contribution in [0.5, 0.6) is 0 Å². The highest BCUT2D eigenvalue weighted by atomic mass is 16.1. The molecule has 4 aliphatic carbocycles. The van der Waals surface area contributed by atoms with Crippen LogP contribution in [0, 0.1) is 40.4 Å². The lowest BCUT2D eigenvalue weighted by Gasteiger charge is -2.51. The van der Waals surface area contributed by atoms with E-state index in [1.807, 2.05) is 6.08 Å². The van der Waals surface area contributed by atoms with E-state index in [-0.39, 0.29) is 5.41 Å². The Kier molecular flexibility index (Phi) is 5.97. The fourth-order valence-electron chi connectivity index (χ4n) is 7.96. The van der Waals surface area contributed by atoms with Crippen LogP contribution in [0.3, 0.4) is 0 Å². The minimum atomic E-state index is 0.182. The van der Waals surface area contributed by atoms with Gasteiger partial charge in [0, 0.05) is 6.42 Å². The number of rotatable bonds is 6. The summed E-state index contributed by atoms with van der Waals surface area (Å²) in [5.41, 5.74) is 5.35. The molecule has 0 aromatic rings. The highest BCUT2D eigenvalue weighted by Crippen LogP contribution is 2.63. The summed E-state index contributed by atoms with van der Waals surface area (Å²) >= 11 is 0. The van der Waals surface area contributed by atoms with Crippen LogP contribution in [-0.4, -0.2) is 5.78 Å². The van der Waals surface area contributed by atoms with E-state index in [9.17, 15) is 4.79 Å². The maximum Gasteiger partial charge on any atom is 0.156 e. The largest absolute Gasteiger partial charge is 0.295 e. The first-order chi connectivity index (χ1) is 14.2. The number of hydrogen-bond donors (Lipinski definition) is 0. The van der Waals surface area contributed by atoms with Crippen molar-refractivity contribution < 1.29 is 4.79 Å². The summed E-state index contributed by atoms with van der Waals surface area (Å²) in [6.07, 6.45) is 17.9. The van der Waals surface area contributed by atoms with Gasteiger partial charge in [0.05, 0.1) is 0 Å². The van der Waals surface area contributed by atoms with Crippen LogP contribution in [0.4, 0.5) is 0 Å². The smallest absolute Gasteiger partial charge is 0.156 e. The maximum atomic E-state index is 12.0. The fraction of sp³-hybridized carbons (Fsp3) is 0.759. The molecule has 0 saturated heterocycles. The quantitative estimate of drug-likeness (QED) is 0.434. The average Bonchev–Trinajstić information content (AvgIpc) is 3.06. The molecule has 0 N–H and O–H groups in total. The van der Waals surface area contributed by atoms with Gasteiger partial charge in [-0.1, -0.05) is 72.1 Å². The molecule has 4 aliphatic rings. The summed E-state index contributed by atoms with van der Waals surface area (Å²) in [4.78, 5) is 12.0. The van der Waals surface area contributed by atoms with Gasteiger partial charge in [0.15, 0.2) is 5.78 Å². The molecule has 0 aromatic heterocycles. The van der Waals surface area contributed by atoms with E-state index in [4.69, 9.17) is 0 Å². The third kappa shape index (κ3) is 3.49. The Labute approximate surface area is 185 Å². The van der Waals surface area contributed by atoms with Gasteiger partial charge in [-0.3, -0.25) is 4.79 Å². The normalized spacial score (nSPS) is 37.6. The molecule has 1 fully saturated rings. The lowest BCUT2D eigenvalue weighted by Crippen LogP contribution is -2.41. The Balaban J connectivity index is 1.58. The van der Waals surface area contributed by atoms with Gasteiger partial charge in [-0.25, -0.2) is 0 Å². The Morgan fingerprint density at radius 2 is 1.77 bits per heavy atom. The molecule has 0 aliphatic heterocycles. The zero-order chi connectivity index (χ0) is 21.7. The molecule has 1 saturated carbocycles. The van der Waals surface area contributed by atoms with E-state index in [0.29, 0.717) is 17.1 Å². The zero-order valence-corrected chi connectivity index (χ0v) is 20.4. The lowest BCUT2D eigenvalue weighted by molar-refractivity contribution is -0.116. The number of ketones is 1. The van der Waals surface area contributed by atoms with Crippen LogP contribution in [-0.2, 0) is 4.79 Å². The van der Waals surface area contributed by atoms with Crippen LogP contribution >= 0.6 is 0 Å². The van der Waals surface area contributed by atoms with Crippen molar-refractivity contribution >= 4 is 5.78 Å². The standard InChI is InChI=1S/C29H44O/c1-7-21(19(2)3)9-8-20(4)25-12-13-26-24-11-10-22-18-23(30)14-16-28(22,5)27(24)15-17-29(25,26)6/h10-11,18-21,25,27H,7-9,12-17H2,1-6H3/t20-,21-,25-,27+,28+,29-/m1/s1. The average molecular weight is 409 g/mol. The molecule has 0 heterocycles. The molecule has 0 spiro atoms. The van der Waals surface area contributed by atoms with Gasteiger partial charge in [0.25, 0.3) is 0 Å². The van der Waals surface area contributed by atoms with Crippen LogP contribution in [0.1, 0.15) is 99.3 Å². The van der Waals surface area contributed by atoms with Gasteiger partial charge in [0.1, 0.15) is 0 Å². The van der Waals surface area contributed by atoms with Crippen molar-refractivity contribution in [1.82, 2.24) is 0 Å². The topological polar surface area (TPSA) is 17.1 Å². The molecule has 0 radical (unpaired) electrons. The number of allylic oxidation sites excluding steroid dienone is 6. The molecule has 1 nitrogen and oxygen atoms in total. The van der Waals surface area contributed by atoms with Crippen molar-refractivity contribution in [2.24, 2.45) is 40.4 Å². The van der Waals surface area contributed by atoms with Gasteiger partial charge >= 0.3 is 0 Å². The molecule has 0 amide bonds. The summed E-state index contributed by atoms with van der Waals surface area (Å²) in [6.45, 7) is 14.8. The minimum absolute atomic E-state index is 0.182. The summed E-state index contributed by atoms with van der Waals surface area (Å²) in [5.74, 6) is 4.32. The highest BCUT2D eigenvalue weighted by Gasteiger charge is 2.53. The SMILES string of the molecule is CC[C@H](CC[C@@H](C)[C@H]1CCC2=C3C=CC4=CC(=O)CC[C@]4(C)[C@H]3CC[C@@]21C)C(C)C. The number of fused-ring (bicyclic) bond motifs is 4. The molecule has 0 bridgehead atoms. The Morgan fingerprint density at radius 1 is 1.00 bits per heavy atom. The summed E-state index contributed by atoms with van der Waals surface area (Å²) in [7, 11) is 0. The Morgan fingerprint density at radius 3 is 2.47 bits per heavy atom. The van der Waals surface area contributed by atoms with Crippen LogP contribution in [0.25, 0.3) is 0 Å². The van der Waals surface area contributed by atoms with Crippen molar-refractivity contribution in [1.29, 1.82) is 0 Å². The monoisotopic (exact) mass is 408 g/mol. The Hall–Kier alpha value is -1.11. The van der Waals surface area contributed by atoms with E-state index in [1.54, 1.807) is 11.1 Å². The van der Waals surface area contributed by atoms with Crippen molar-refractivity contribution in [2.75, 3.05) is 0 Å². The second kappa shape index (κ2) is 8.10. The summed E-state index contributed by atoms with van der Waals surface area (Å²) in [6, 6.07) is 0. The van der Waals surface area contributed by atoms with Gasteiger partial charge in [0.2, 0.25) is 0 Å². The van der Waals surface area contributed by atoms with Crippen LogP contribution in [0.2, 0.25) is 0 Å². The van der Waals surface area contributed by atoms with Crippen molar-refractivity contribution in [3.63, 3.8) is 0 Å². The predicted molar refractivity (Wildman–Crippen MR) is 127 cm³/mol. The summed E-state index contributed by atoms with van der Waals surface area (Å²) < 4.78 is 0. The Bertz CT molecular complexity index is 780. The fourth-order valence-corrected chi connectivity index (χ4v) is 7.96. The van der Waals surface area contributed by atoms with E-state index >= 15 is 0 Å². The second-order valence-electron chi connectivity index (χ2n) is 11.9. The molecular weight excluding hydrogens is 364 g/mol. The molecule has 166 valence electrons. The first-order valence-corrected chi connectivity index (χ1v) is 12.9. The lowest BCUT2D eigenvalue weighted by atomic mass is 9.53. The number of carbonyl (C=O) groups excluding carboxylic acids is 1. The van der Waals surface area contributed by atoms with E-state index in [1.165, 1.54) is 50.5 Å². The zero-order valence-electron chi connectivity index (χ0n) is 20.4. The van der Waals surface area contributed by atoms with Gasteiger partial charge < -0.3 is 0 Å². The molecular formula is C29H44O. The van der Waals surface area contributed by atoms with E-state index in [0.717, 1.165) is 36.5 Å². The van der Waals surface area contributed by atoms with Crippen molar-refractivity contribution in [3.8, 4) is 0 Å². The number of hydrogen-bond acceptors (Lipinski definition) is 1. The second-order valence-corrected chi connectivity index (χ2v) is 11.9. The highest BCUT2D eigenvalue weighted by molar-refractivity contribution is 5.92. The molecule has 4 rings (SSSR count). The van der Waals surface area contributed by atoms with Crippen LogP contribution < -0.4 is 0 Å². The van der Waals surface area contributed by atoms with Gasteiger partial charge in [-0.2, -0.15) is 0 Å². The van der Waals surface area contributed by atoms with Crippen LogP contribution in [0.15, 0.2) is 34.9 Å². The van der Waals surface area contributed by atoms with Gasteiger partial charge in [-0.15, -0.1) is 0 Å². The molecule has 0 aromatic carbocycles. The number of carbonyl (C=O) groups is 1. The third-order valence-corrected chi connectivity index (χ3v) is 10.1. The molecule has 0 unspecified atom stereocenters. The van der Waals surface area contributed by atoms with Crippen molar-refractivity contribution in [2.45, 2.75) is 99.3 Å². The predicted octanol–water partition coefficient (Wildman–Crippen LogP) is 8.07. The van der Waals surface area contributed by atoms with E-state index < -0.39 is 0 Å². The first kappa shape index (κ1) is 22.1.